The van der Waals surface area contributed by atoms with Crippen molar-refractivity contribution in [3.05, 3.63) is 41.7 Å². The first-order valence-electron chi connectivity index (χ1n) is 15.8. The van der Waals surface area contributed by atoms with Crippen molar-refractivity contribution in [2.75, 3.05) is 31.8 Å². The van der Waals surface area contributed by atoms with E-state index < -0.39 is 11.1 Å². The molecule has 2 heterocycles. The molecule has 0 spiro atoms. The van der Waals surface area contributed by atoms with Gasteiger partial charge in [-0.2, -0.15) is 5.10 Å². The molecule has 0 aliphatic heterocycles. The van der Waals surface area contributed by atoms with Crippen molar-refractivity contribution in [2.24, 2.45) is 13.0 Å². The van der Waals surface area contributed by atoms with E-state index in [1.807, 2.05) is 35.7 Å². The molecule has 0 saturated heterocycles. The van der Waals surface area contributed by atoms with E-state index >= 15 is 0 Å². The molecule has 4 N–H and O–H groups in total. The van der Waals surface area contributed by atoms with Gasteiger partial charge >= 0.3 is 0 Å². The maximum Gasteiger partial charge on any atom is 0.272 e. The number of methoxy groups -OCH3 is 1. The number of benzene rings is 1. The van der Waals surface area contributed by atoms with Crippen LogP contribution in [0.15, 0.2) is 30.3 Å². The smallest absolute Gasteiger partial charge is 0.272 e. The third kappa shape index (κ3) is 7.90. The van der Waals surface area contributed by atoms with Gasteiger partial charge in [0, 0.05) is 36.7 Å². The molecule has 3 aromatic rings. The Labute approximate surface area is 272 Å². The quantitative estimate of drug-likeness (QED) is 0.213. The Balaban J connectivity index is 1.40. The number of para-hydroxylation sites is 1. The summed E-state index contributed by atoms with van der Waals surface area (Å²) in [6, 6.07) is 9.51. The average molecular weight is 625 g/mol. The van der Waals surface area contributed by atoms with E-state index in [2.05, 4.69) is 55.6 Å². The van der Waals surface area contributed by atoms with Gasteiger partial charge < -0.3 is 30.9 Å². The van der Waals surface area contributed by atoms with Crippen molar-refractivity contribution >= 4 is 58.5 Å². The zero-order valence-electron chi connectivity index (χ0n) is 27.7. The Morgan fingerprint density at radius 2 is 1.70 bits per heavy atom. The van der Waals surface area contributed by atoms with E-state index in [9.17, 15) is 14.4 Å². The van der Waals surface area contributed by atoms with E-state index in [0.717, 1.165) is 38.5 Å². The van der Waals surface area contributed by atoms with Crippen LogP contribution in [0.1, 0.15) is 59.5 Å². The monoisotopic (exact) mass is 625 g/mol. The fourth-order valence-electron chi connectivity index (χ4n) is 5.70. The van der Waals surface area contributed by atoms with E-state index in [1.54, 1.807) is 37.0 Å². The second-order valence-corrected chi connectivity index (χ2v) is 13.5. The van der Waals surface area contributed by atoms with Crippen molar-refractivity contribution in [3.8, 4) is 17.0 Å². The maximum absolute atomic E-state index is 13.3. The topological polar surface area (TPSA) is 155 Å². The van der Waals surface area contributed by atoms with Gasteiger partial charge in [0.25, 0.3) is 11.8 Å². The zero-order chi connectivity index (χ0) is 33.2. The highest BCUT2D eigenvalue weighted by atomic mass is 16.5. The summed E-state index contributed by atoms with van der Waals surface area (Å²) in [5, 5.41) is 24.6. The number of anilines is 3. The lowest BCUT2D eigenvalue weighted by Gasteiger charge is -2.32. The van der Waals surface area contributed by atoms with Crippen LogP contribution in [-0.4, -0.2) is 105 Å². The Morgan fingerprint density at radius 3 is 2.33 bits per heavy atom. The second-order valence-electron chi connectivity index (χ2n) is 13.5. The van der Waals surface area contributed by atoms with Gasteiger partial charge in [0.05, 0.1) is 24.2 Å². The van der Waals surface area contributed by atoms with Gasteiger partial charge in [-0.05, 0) is 76.1 Å². The minimum Gasteiger partial charge on any atom is -0.494 e. The van der Waals surface area contributed by atoms with Gasteiger partial charge in [-0.15, -0.1) is 10.2 Å². The Bertz CT molecular complexity index is 1610. The predicted octanol–water partition coefficient (Wildman–Crippen LogP) is -0.179. The molecule has 0 radical (unpaired) electrons. The van der Waals surface area contributed by atoms with Gasteiger partial charge in [-0.25, -0.2) is 0 Å². The summed E-state index contributed by atoms with van der Waals surface area (Å²) in [5.74, 6) is -0.0472. The first-order chi connectivity index (χ1) is 21.8. The molecule has 0 atom stereocenters. The molecule has 16 heteroatoms. The fourth-order valence-corrected chi connectivity index (χ4v) is 5.70. The number of rotatable bonds is 11. The number of aromatic nitrogens is 4. The molecule has 0 bridgehead atoms. The number of hydrogen-bond donors (Lipinski definition) is 4. The lowest BCUT2D eigenvalue weighted by Crippen LogP contribution is -2.50. The fraction of sp³-hybridized carbons (Fsp3) is 0.467. The molecule has 2 aliphatic rings. The molecule has 5 rings (SSSR count). The lowest BCUT2D eigenvalue weighted by molar-refractivity contribution is -0.117. The average Bonchev–Trinajstić information content (AvgIpc) is 3.78. The molecule has 2 saturated carbocycles. The summed E-state index contributed by atoms with van der Waals surface area (Å²) < 4.78 is 7.43. The number of nitrogens with zero attached hydrogens (tertiary/aromatic N) is 5. The Kier molecular flexibility index (Phi) is 9.75. The second kappa shape index (κ2) is 13.6. The van der Waals surface area contributed by atoms with Crippen molar-refractivity contribution in [2.45, 2.75) is 55.8 Å². The number of ether oxygens (including phenoxy) is 1. The van der Waals surface area contributed by atoms with Crippen molar-refractivity contribution in [1.29, 1.82) is 0 Å². The molecule has 3 amide bonds. The Morgan fingerprint density at radius 1 is 0.978 bits per heavy atom. The summed E-state index contributed by atoms with van der Waals surface area (Å²) in [5.41, 5.74) is 2.58. The largest absolute Gasteiger partial charge is 0.494 e. The van der Waals surface area contributed by atoms with Crippen molar-refractivity contribution in [1.82, 2.24) is 35.5 Å². The molecular formula is C30H42B3N9O4. The lowest BCUT2D eigenvalue weighted by atomic mass is 9.49. The SMILES string of the molecule is BC(B)(B)NC(=O)c1nnc(NC(=O)C2CC2)cc1Nc1cccc(-c2cc(C(=O)NC3CCC(N(C)C)CC3)n(C)n2)c1OC. The van der Waals surface area contributed by atoms with Crippen LogP contribution < -0.4 is 26.0 Å². The molecule has 0 unspecified atom stereocenters. The minimum absolute atomic E-state index is 0.0257. The summed E-state index contributed by atoms with van der Waals surface area (Å²) in [6.07, 6.45) is 5.65. The number of hydrogen-bond acceptors (Lipinski definition) is 9. The maximum atomic E-state index is 13.3. The normalized spacial score (nSPS) is 18.1. The van der Waals surface area contributed by atoms with Gasteiger partial charge in [0.2, 0.25) is 5.91 Å². The van der Waals surface area contributed by atoms with Crippen LogP contribution in [0.25, 0.3) is 11.3 Å². The first kappa shape index (κ1) is 33.0. The third-order valence-electron chi connectivity index (χ3n) is 8.34. The summed E-state index contributed by atoms with van der Waals surface area (Å²) >= 11 is 0. The molecule has 1 aromatic carbocycles. The summed E-state index contributed by atoms with van der Waals surface area (Å²) in [4.78, 5) is 41.2. The van der Waals surface area contributed by atoms with Crippen LogP contribution in [0.3, 0.4) is 0 Å². The van der Waals surface area contributed by atoms with Crippen LogP contribution >= 0.6 is 0 Å². The third-order valence-corrected chi connectivity index (χ3v) is 8.34. The van der Waals surface area contributed by atoms with Gasteiger partial charge in [0.1, 0.15) is 29.2 Å². The summed E-state index contributed by atoms with van der Waals surface area (Å²) in [7, 11) is 13.1. The molecule has 2 aromatic heterocycles. The van der Waals surface area contributed by atoms with Gasteiger partial charge in [-0.3, -0.25) is 19.1 Å². The molecule has 46 heavy (non-hydrogen) atoms. The van der Waals surface area contributed by atoms with E-state index in [4.69, 9.17) is 4.74 Å². The number of amides is 3. The highest BCUT2D eigenvalue weighted by Crippen LogP contribution is 2.38. The standard InChI is InChI=1S/C30H42B3N9O4/c1-41(2)18-12-10-17(11-13-18)34-28(44)23-14-21(40-42(23)3)19-6-5-7-20(26(19)46-4)35-22-15-24(36-27(43)16-8-9-16)38-39-25(22)29(45)37-30(31,32)33/h5-7,14-18H,8-13,31-33H2,1-4H3,(H,34,44)(H,37,45)(H2,35,36,38,43). The molecule has 2 aliphatic carbocycles. The van der Waals surface area contributed by atoms with Crippen molar-refractivity contribution < 1.29 is 19.1 Å². The predicted molar refractivity (Wildman–Crippen MR) is 185 cm³/mol. The molecule has 240 valence electrons. The van der Waals surface area contributed by atoms with Gasteiger partial charge in [-0.1, -0.05) is 6.07 Å². The number of aryl methyl sites for hydroxylation is 1. The highest BCUT2D eigenvalue weighted by Gasteiger charge is 2.31. The number of carbonyl (C=O) groups excluding carboxylic acids is 3. The number of nitrogens with one attached hydrogen (secondary N) is 4. The summed E-state index contributed by atoms with van der Waals surface area (Å²) in [6.45, 7) is 0. The van der Waals surface area contributed by atoms with Crippen LogP contribution in [0.2, 0.25) is 0 Å². The van der Waals surface area contributed by atoms with Gasteiger partial charge in [0.15, 0.2) is 17.3 Å². The van der Waals surface area contributed by atoms with E-state index in [-0.39, 0.29) is 35.3 Å². The van der Waals surface area contributed by atoms with Crippen LogP contribution in [0.5, 0.6) is 5.75 Å². The zero-order valence-corrected chi connectivity index (χ0v) is 27.7. The molecule has 2 fully saturated rings. The van der Waals surface area contributed by atoms with Crippen LogP contribution in [0, 0.1) is 5.92 Å². The van der Waals surface area contributed by atoms with Crippen molar-refractivity contribution in [3.63, 3.8) is 0 Å². The number of carbonyl (C=O) groups is 3. The van der Waals surface area contributed by atoms with E-state index in [0.29, 0.717) is 40.1 Å². The van der Waals surface area contributed by atoms with E-state index in [1.165, 1.54) is 0 Å². The highest BCUT2D eigenvalue weighted by molar-refractivity contribution is 6.60. The van der Waals surface area contributed by atoms with Crippen LogP contribution in [0.4, 0.5) is 17.2 Å². The molecule has 13 nitrogen and oxygen atoms in total. The first-order valence-corrected chi connectivity index (χ1v) is 15.8. The minimum atomic E-state index is -0.513. The molecular weight excluding hydrogens is 583 g/mol. The Hall–Kier alpha value is -4.33. The van der Waals surface area contributed by atoms with Crippen LogP contribution in [-0.2, 0) is 11.8 Å².